The molecule has 0 amide bonds. The molecule has 0 fully saturated rings. The van der Waals surface area contributed by atoms with Crippen LogP contribution in [0.2, 0.25) is 0 Å². The van der Waals surface area contributed by atoms with Crippen molar-refractivity contribution in [2.45, 2.75) is 38.1 Å². The molecule has 0 spiro atoms. The second kappa shape index (κ2) is 5.24. The van der Waals surface area contributed by atoms with Crippen LogP contribution in [0.4, 0.5) is 5.13 Å². The van der Waals surface area contributed by atoms with Gasteiger partial charge in [0.05, 0.1) is 17.9 Å². The number of rotatable bonds is 4. The molecule has 0 aliphatic heterocycles. The van der Waals surface area contributed by atoms with Crippen LogP contribution in [0.3, 0.4) is 0 Å². The summed E-state index contributed by atoms with van der Waals surface area (Å²) in [5.41, 5.74) is 1.80. The van der Waals surface area contributed by atoms with Crippen molar-refractivity contribution >= 4 is 22.4 Å². The second-order valence-electron chi connectivity index (χ2n) is 5.01. The third-order valence-electron chi connectivity index (χ3n) is 3.61. The number of carboxylic acid groups (broad SMARTS) is 1. The minimum absolute atomic E-state index is 0.0876. The summed E-state index contributed by atoms with van der Waals surface area (Å²) < 4.78 is 0. The number of nitrogens with zero attached hydrogens (tertiary/aromatic N) is 2. The molecule has 2 atom stereocenters. The number of aliphatic carboxylic acids is 1. The van der Waals surface area contributed by atoms with Gasteiger partial charge in [0.25, 0.3) is 0 Å². The minimum atomic E-state index is -0.773. The van der Waals surface area contributed by atoms with Gasteiger partial charge in [0.2, 0.25) is 0 Å². The first-order valence-corrected chi connectivity index (χ1v) is 7.44. The Labute approximate surface area is 120 Å². The molecule has 0 bridgehead atoms. The molecule has 1 aliphatic rings. The molecule has 106 valence electrons. The molecule has 6 nitrogen and oxygen atoms in total. The molecular weight excluding hydrogens is 276 g/mol. The highest BCUT2D eigenvalue weighted by atomic mass is 32.1. The first kappa shape index (κ1) is 13.1. The fraction of sp³-hybridized carbons (Fsp3) is 0.462. The van der Waals surface area contributed by atoms with E-state index in [1.807, 2.05) is 13.1 Å². The smallest absolute Gasteiger partial charge is 0.312 e. The number of carbonyl (C=O) groups is 1. The van der Waals surface area contributed by atoms with Gasteiger partial charge in [-0.25, -0.2) is 4.98 Å². The van der Waals surface area contributed by atoms with E-state index in [2.05, 4.69) is 20.5 Å². The van der Waals surface area contributed by atoms with Crippen molar-refractivity contribution in [1.29, 1.82) is 0 Å². The summed E-state index contributed by atoms with van der Waals surface area (Å²) in [6, 6.07) is 0.0876. The Morgan fingerprint density at radius 1 is 1.65 bits per heavy atom. The Balaban J connectivity index is 1.81. The number of anilines is 1. The van der Waals surface area contributed by atoms with E-state index in [4.69, 9.17) is 0 Å². The van der Waals surface area contributed by atoms with Gasteiger partial charge in [-0.2, -0.15) is 5.10 Å². The lowest BCUT2D eigenvalue weighted by atomic mass is 9.91. The molecule has 2 unspecified atom stereocenters. The predicted octanol–water partition coefficient (Wildman–Crippen LogP) is 2.54. The van der Waals surface area contributed by atoms with Crippen molar-refractivity contribution < 1.29 is 9.90 Å². The zero-order valence-corrected chi connectivity index (χ0v) is 11.9. The molecule has 2 heterocycles. The van der Waals surface area contributed by atoms with E-state index in [1.165, 1.54) is 0 Å². The van der Waals surface area contributed by atoms with Crippen LogP contribution in [0, 0.1) is 0 Å². The maximum atomic E-state index is 11.3. The second-order valence-corrected chi connectivity index (χ2v) is 6.09. The molecule has 1 aliphatic carbocycles. The predicted molar refractivity (Wildman–Crippen MR) is 76.1 cm³/mol. The number of aromatic nitrogens is 3. The van der Waals surface area contributed by atoms with Crippen LogP contribution in [0.5, 0.6) is 0 Å². The van der Waals surface area contributed by atoms with Gasteiger partial charge in [-0.15, -0.1) is 11.3 Å². The third kappa shape index (κ3) is 2.40. The van der Waals surface area contributed by atoms with Gasteiger partial charge in [-0.3, -0.25) is 9.89 Å². The fourth-order valence-corrected chi connectivity index (χ4v) is 3.64. The van der Waals surface area contributed by atoms with Crippen molar-refractivity contribution in [2.75, 3.05) is 5.32 Å². The molecule has 0 radical (unpaired) electrons. The largest absolute Gasteiger partial charge is 0.481 e. The van der Waals surface area contributed by atoms with Gasteiger partial charge in [-0.05, 0) is 26.2 Å². The van der Waals surface area contributed by atoms with E-state index < -0.39 is 11.9 Å². The van der Waals surface area contributed by atoms with Crippen LogP contribution in [0.1, 0.15) is 47.9 Å². The lowest BCUT2D eigenvalue weighted by Gasteiger charge is -2.16. The molecule has 7 heteroatoms. The monoisotopic (exact) mass is 292 g/mol. The quantitative estimate of drug-likeness (QED) is 0.805. The van der Waals surface area contributed by atoms with Crippen LogP contribution in [0.25, 0.3) is 0 Å². The van der Waals surface area contributed by atoms with E-state index in [0.717, 1.165) is 34.1 Å². The van der Waals surface area contributed by atoms with Gasteiger partial charge in [-0.1, -0.05) is 0 Å². The Morgan fingerprint density at radius 2 is 2.50 bits per heavy atom. The molecule has 2 aromatic heterocycles. The summed E-state index contributed by atoms with van der Waals surface area (Å²) in [4.78, 5) is 16.9. The average molecular weight is 292 g/mol. The van der Waals surface area contributed by atoms with Gasteiger partial charge < -0.3 is 10.4 Å². The van der Waals surface area contributed by atoms with Crippen LogP contribution >= 0.6 is 11.3 Å². The highest BCUT2D eigenvalue weighted by Crippen LogP contribution is 2.37. The topological polar surface area (TPSA) is 90.9 Å². The van der Waals surface area contributed by atoms with Crippen LogP contribution in [-0.2, 0) is 11.2 Å². The number of carboxylic acids is 1. The lowest BCUT2D eigenvalue weighted by Crippen LogP contribution is -2.17. The fourth-order valence-electron chi connectivity index (χ4n) is 2.49. The number of aryl methyl sites for hydroxylation is 1. The summed E-state index contributed by atoms with van der Waals surface area (Å²) >= 11 is 1.57. The summed E-state index contributed by atoms with van der Waals surface area (Å²) in [6.07, 6.45) is 6.14. The van der Waals surface area contributed by atoms with E-state index in [0.29, 0.717) is 6.42 Å². The van der Waals surface area contributed by atoms with E-state index in [9.17, 15) is 9.90 Å². The van der Waals surface area contributed by atoms with Gasteiger partial charge in [0, 0.05) is 16.6 Å². The highest BCUT2D eigenvalue weighted by molar-refractivity contribution is 7.15. The Hall–Kier alpha value is -1.89. The number of H-pyrrole nitrogens is 1. The Morgan fingerprint density at radius 3 is 3.20 bits per heavy atom. The average Bonchev–Trinajstić information content (AvgIpc) is 3.06. The van der Waals surface area contributed by atoms with Crippen LogP contribution < -0.4 is 5.32 Å². The molecule has 0 saturated heterocycles. The molecule has 2 aromatic rings. The van der Waals surface area contributed by atoms with E-state index in [-0.39, 0.29) is 6.04 Å². The molecular formula is C13H16N4O2S. The third-order valence-corrected chi connectivity index (χ3v) is 4.67. The number of aromatic amines is 1. The van der Waals surface area contributed by atoms with Crippen molar-refractivity contribution in [1.82, 2.24) is 15.2 Å². The molecule has 20 heavy (non-hydrogen) atoms. The normalized spacial score (nSPS) is 19.4. The number of nitrogens with one attached hydrogen (secondary N) is 2. The van der Waals surface area contributed by atoms with Crippen molar-refractivity contribution in [2.24, 2.45) is 0 Å². The van der Waals surface area contributed by atoms with Gasteiger partial charge in [0.1, 0.15) is 5.92 Å². The van der Waals surface area contributed by atoms with E-state index >= 15 is 0 Å². The number of hydrogen-bond acceptors (Lipinski definition) is 5. The maximum Gasteiger partial charge on any atom is 0.312 e. The molecule has 0 aromatic carbocycles. The molecule has 0 saturated carbocycles. The standard InChI is InChI=1S/C13H16N4O2S/c1-7(8-5-14-15-6-8)16-13-17-11-9(12(18)19)3-2-4-10(11)20-13/h5-7,9H,2-4H2,1H3,(H,14,15)(H,16,17)(H,18,19). The summed E-state index contributed by atoms with van der Waals surface area (Å²) in [5, 5.41) is 20.1. The van der Waals surface area contributed by atoms with Gasteiger partial charge >= 0.3 is 5.97 Å². The van der Waals surface area contributed by atoms with Crippen molar-refractivity contribution in [3.63, 3.8) is 0 Å². The number of hydrogen-bond donors (Lipinski definition) is 3. The number of thiazole rings is 1. The van der Waals surface area contributed by atoms with Crippen molar-refractivity contribution in [3.05, 3.63) is 28.5 Å². The SMILES string of the molecule is CC(Nc1nc2c(s1)CCCC2C(=O)O)c1cn[nH]c1. The maximum absolute atomic E-state index is 11.3. The highest BCUT2D eigenvalue weighted by Gasteiger charge is 2.30. The van der Waals surface area contributed by atoms with Gasteiger partial charge in [0.15, 0.2) is 5.13 Å². The van der Waals surface area contributed by atoms with E-state index in [1.54, 1.807) is 17.5 Å². The summed E-state index contributed by atoms with van der Waals surface area (Å²) in [7, 11) is 0. The van der Waals surface area contributed by atoms with Crippen LogP contribution in [-0.4, -0.2) is 26.3 Å². The summed E-state index contributed by atoms with van der Waals surface area (Å²) in [6.45, 7) is 2.03. The molecule has 3 rings (SSSR count). The van der Waals surface area contributed by atoms with Crippen molar-refractivity contribution in [3.8, 4) is 0 Å². The first-order chi connectivity index (χ1) is 9.65. The van der Waals surface area contributed by atoms with Crippen LogP contribution in [0.15, 0.2) is 12.4 Å². The Bertz CT molecular complexity index is 608. The lowest BCUT2D eigenvalue weighted by molar-refractivity contribution is -0.139. The molecule has 3 N–H and O–H groups in total. The minimum Gasteiger partial charge on any atom is -0.481 e. The summed E-state index contributed by atoms with van der Waals surface area (Å²) in [5.74, 6) is -1.22. The first-order valence-electron chi connectivity index (χ1n) is 6.62. The zero-order chi connectivity index (χ0) is 14.1. The zero-order valence-electron chi connectivity index (χ0n) is 11.1. The number of fused-ring (bicyclic) bond motifs is 1. The Kier molecular flexibility index (Phi) is 3.43.